The quantitative estimate of drug-likeness (QED) is 0.552. The van der Waals surface area contributed by atoms with Crippen molar-refractivity contribution in [1.82, 2.24) is 15.1 Å². The van der Waals surface area contributed by atoms with Crippen LogP contribution in [0.15, 0.2) is 54.6 Å². The summed E-state index contributed by atoms with van der Waals surface area (Å²) in [5, 5.41) is 5.75. The minimum atomic E-state index is -4.45. The lowest BCUT2D eigenvalue weighted by Gasteiger charge is -2.43. The second kappa shape index (κ2) is 11.4. The smallest absolute Gasteiger partial charge is 0.352 e. The van der Waals surface area contributed by atoms with Crippen molar-refractivity contribution in [3.63, 3.8) is 0 Å². The Morgan fingerprint density at radius 3 is 2.20 bits per heavy atom. The SMILES string of the molecule is O=C(CN1CN(c2ccccc2)C2(CCN(C(=O)Nc3ccc(C(F)(F)F)cc3)CC2)C1=O)NC1CCCCC1. The normalized spacial score (nSPS) is 19.7. The highest BCUT2D eigenvalue weighted by Crippen LogP contribution is 2.39. The molecule has 2 heterocycles. The van der Waals surface area contributed by atoms with Crippen molar-refractivity contribution in [2.75, 3.05) is 36.5 Å². The zero-order valence-corrected chi connectivity index (χ0v) is 22.3. The van der Waals surface area contributed by atoms with Crippen LogP contribution in [0, 0.1) is 0 Å². The van der Waals surface area contributed by atoms with Crippen molar-refractivity contribution in [2.45, 2.75) is 62.7 Å². The number of carbonyl (C=O) groups is 3. The van der Waals surface area contributed by atoms with Crippen LogP contribution >= 0.6 is 0 Å². The number of hydrogen-bond donors (Lipinski definition) is 2. The first kappa shape index (κ1) is 27.8. The molecule has 5 rings (SSSR count). The van der Waals surface area contributed by atoms with Crippen molar-refractivity contribution in [3.05, 3.63) is 60.2 Å². The molecule has 0 aromatic heterocycles. The summed E-state index contributed by atoms with van der Waals surface area (Å²) in [5.41, 5.74) is -0.550. The number of alkyl halides is 3. The number of likely N-dealkylation sites (tertiary alicyclic amines) is 1. The van der Waals surface area contributed by atoms with Gasteiger partial charge >= 0.3 is 12.2 Å². The van der Waals surface area contributed by atoms with Gasteiger partial charge in [0.1, 0.15) is 12.1 Å². The molecule has 2 aromatic rings. The molecule has 3 aliphatic rings. The number of benzene rings is 2. The van der Waals surface area contributed by atoms with E-state index in [1.807, 2.05) is 35.2 Å². The molecule has 2 aliphatic heterocycles. The predicted molar refractivity (Wildman–Crippen MR) is 145 cm³/mol. The van der Waals surface area contributed by atoms with Gasteiger partial charge in [-0.15, -0.1) is 0 Å². The van der Waals surface area contributed by atoms with Crippen LogP contribution in [0.1, 0.15) is 50.5 Å². The monoisotopic (exact) mass is 557 g/mol. The van der Waals surface area contributed by atoms with E-state index in [1.165, 1.54) is 18.6 Å². The molecule has 3 fully saturated rings. The molecule has 8 nitrogen and oxygen atoms in total. The first-order valence-electron chi connectivity index (χ1n) is 13.8. The van der Waals surface area contributed by atoms with Gasteiger partial charge in [-0.25, -0.2) is 4.79 Å². The average molecular weight is 558 g/mol. The number of halogens is 3. The molecule has 1 spiro atoms. The zero-order chi connectivity index (χ0) is 28.3. The standard InChI is InChI=1S/C29H34F3N5O3/c30-29(31,32)21-11-13-23(14-12-21)34-27(40)35-17-15-28(16-18-35)26(39)36(20-37(28)24-9-5-2-6-10-24)19-25(38)33-22-7-3-1-4-8-22/h2,5-6,9-14,22H,1,3-4,7-8,15-20H2,(H,33,38)(H,34,40). The van der Waals surface area contributed by atoms with E-state index in [1.54, 1.807) is 9.80 Å². The Labute approximate surface area is 231 Å². The second-order valence-corrected chi connectivity index (χ2v) is 10.8. The Hall–Kier alpha value is -3.76. The van der Waals surface area contributed by atoms with Gasteiger partial charge in [-0.1, -0.05) is 37.5 Å². The predicted octanol–water partition coefficient (Wildman–Crippen LogP) is 4.83. The number of urea groups is 1. The second-order valence-electron chi connectivity index (χ2n) is 10.8. The summed E-state index contributed by atoms with van der Waals surface area (Å²) in [6.45, 7) is 0.824. The van der Waals surface area contributed by atoms with Gasteiger partial charge < -0.3 is 25.3 Å². The first-order valence-corrected chi connectivity index (χ1v) is 13.8. The third-order valence-corrected chi connectivity index (χ3v) is 8.23. The first-order chi connectivity index (χ1) is 19.2. The summed E-state index contributed by atoms with van der Waals surface area (Å²) in [5.74, 6) is -0.281. The topological polar surface area (TPSA) is 85.0 Å². The third-order valence-electron chi connectivity index (χ3n) is 8.23. The number of rotatable bonds is 5. The molecule has 2 saturated heterocycles. The molecule has 0 bridgehead atoms. The molecule has 1 aliphatic carbocycles. The lowest BCUT2D eigenvalue weighted by molar-refractivity contribution is -0.137. The van der Waals surface area contributed by atoms with Crippen molar-refractivity contribution >= 4 is 29.2 Å². The van der Waals surface area contributed by atoms with E-state index in [-0.39, 0.29) is 49.8 Å². The number of nitrogens with one attached hydrogen (secondary N) is 2. The van der Waals surface area contributed by atoms with Crippen molar-refractivity contribution in [3.8, 4) is 0 Å². The molecule has 2 N–H and O–H groups in total. The lowest BCUT2D eigenvalue weighted by atomic mass is 9.85. The van der Waals surface area contributed by atoms with Gasteiger partial charge in [0.25, 0.3) is 5.91 Å². The maximum absolute atomic E-state index is 13.9. The number of piperidine rings is 1. The number of carbonyl (C=O) groups excluding carboxylic acids is 3. The minimum absolute atomic E-state index is 0.0153. The fraction of sp³-hybridized carbons (Fsp3) is 0.483. The number of anilines is 2. The molecule has 40 heavy (non-hydrogen) atoms. The molecule has 0 radical (unpaired) electrons. The van der Waals surface area contributed by atoms with Crippen LogP contribution in [0.5, 0.6) is 0 Å². The fourth-order valence-corrected chi connectivity index (χ4v) is 6.04. The molecular formula is C29H34F3N5O3. The minimum Gasteiger partial charge on any atom is -0.352 e. The molecule has 214 valence electrons. The van der Waals surface area contributed by atoms with Crippen LogP contribution in [-0.2, 0) is 15.8 Å². The number of amides is 4. The van der Waals surface area contributed by atoms with Gasteiger partial charge in [0, 0.05) is 30.5 Å². The summed E-state index contributed by atoms with van der Waals surface area (Å²) in [4.78, 5) is 44.9. The fourth-order valence-electron chi connectivity index (χ4n) is 6.04. The highest BCUT2D eigenvalue weighted by Gasteiger charge is 2.54. The summed E-state index contributed by atoms with van der Waals surface area (Å²) < 4.78 is 38.6. The van der Waals surface area contributed by atoms with Crippen LogP contribution < -0.4 is 15.5 Å². The Kier molecular flexibility index (Phi) is 7.91. The highest BCUT2D eigenvalue weighted by molar-refractivity contribution is 5.97. The summed E-state index contributed by atoms with van der Waals surface area (Å²) >= 11 is 0. The maximum Gasteiger partial charge on any atom is 0.416 e. The van der Waals surface area contributed by atoms with Gasteiger partial charge in [0.15, 0.2) is 0 Å². The molecular weight excluding hydrogens is 523 g/mol. The summed E-state index contributed by atoms with van der Waals surface area (Å²) in [7, 11) is 0. The van der Waals surface area contributed by atoms with Gasteiger partial charge in [-0.05, 0) is 62.1 Å². The van der Waals surface area contributed by atoms with Crippen molar-refractivity contribution in [2.24, 2.45) is 0 Å². The molecule has 2 aromatic carbocycles. The molecule has 11 heteroatoms. The van der Waals surface area contributed by atoms with E-state index in [2.05, 4.69) is 10.6 Å². The summed E-state index contributed by atoms with van der Waals surface area (Å²) in [6, 6.07) is 13.6. The van der Waals surface area contributed by atoms with Gasteiger partial charge in [-0.3, -0.25) is 9.59 Å². The van der Waals surface area contributed by atoms with Crippen LogP contribution in [0.25, 0.3) is 0 Å². The van der Waals surface area contributed by atoms with Crippen LogP contribution in [0.4, 0.5) is 29.3 Å². The Bertz CT molecular complexity index is 1210. The van der Waals surface area contributed by atoms with Crippen LogP contribution in [0.3, 0.4) is 0 Å². The highest BCUT2D eigenvalue weighted by atomic mass is 19.4. The van der Waals surface area contributed by atoms with E-state index in [9.17, 15) is 27.6 Å². The molecule has 4 amide bonds. The number of nitrogens with zero attached hydrogens (tertiary/aromatic N) is 3. The largest absolute Gasteiger partial charge is 0.416 e. The number of hydrogen-bond acceptors (Lipinski definition) is 4. The van der Waals surface area contributed by atoms with E-state index in [4.69, 9.17) is 0 Å². The van der Waals surface area contributed by atoms with Gasteiger partial charge in [-0.2, -0.15) is 13.2 Å². The number of para-hydroxylation sites is 1. The Morgan fingerprint density at radius 2 is 1.57 bits per heavy atom. The van der Waals surface area contributed by atoms with Crippen LogP contribution in [-0.4, -0.2) is 65.5 Å². The van der Waals surface area contributed by atoms with Crippen molar-refractivity contribution < 1.29 is 27.6 Å². The molecule has 0 atom stereocenters. The maximum atomic E-state index is 13.9. The Balaban J connectivity index is 1.25. The molecule has 0 unspecified atom stereocenters. The van der Waals surface area contributed by atoms with E-state index in [0.29, 0.717) is 12.8 Å². The molecule has 1 saturated carbocycles. The third kappa shape index (κ3) is 5.88. The van der Waals surface area contributed by atoms with Gasteiger partial charge in [0.2, 0.25) is 5.91 Å². The van der Waals surface area contributed by atoms with Crippen molar-refractivity contribution in [1.29, 1.82) is 0 Å². The van der Waals surface area contributed by atoms with E-state index < -0.39 is 23.3 Å². The Morgan fingerprint density at radius 1 is 0.925 bits per heavy atom. The van der Waals surface area contributed by atoms with E-state index in [0.717, 1.165) is 43.5 Å². The summed E-state index contributed by atoms with van der Waals surface area (Å²) in [6.07, 6.45) is 1.58. The zero-order valence-electron chi connectivity index (χ0n) is 22.3. The lowest BCUT2D eigenvalue weighted by Crippen LogP contribution is -2.58. The van der Waals surface area contributed by atoms with Gasteiger partial charge in [0.05, 0.1) is 12.2 Å². The van der Waals surface area contributed by atoms with Crippen LogP contribution in [0.2, 0.25) is 0 Å². The average Bonchev–Trinajstić information content (AvgIpc) is 3.20. The van der Waals surface area contributed by atoms with E-state index >= 15 is 0 Å².